The summed E-state index contributed by atoms with van der Waals surface area (Å²) in [6.07, 6.45) is -0.906. The van der Waals surface area contributed by atoms with Gasteiger partial charge < -0.3 is 20.1 Å². The fourth-order valence-electron chi connectivity index (χ4n) is 4.68. The number of hydrogen-bond acceptors (Lipinski definition) is 5. The molecular formula is C23H28F3N5O2. The van der Waals surface area contributed by atoms with Gasteiger partial charge in [-0.15, -0.1) is 0 Å². The number of likely N-dealkylation sites (tertiary alicyclic amines) is 1. The quantitative estimate of drug-likeness (QED) is 0.725. The summed E-state index contributed by atoms with van der Waals surface area (Å²) in [6, 6.07) is 2.97. The summed E-state index contributed by atoms with van der Waals surface area (Å²) in [6.45, 7) is 3.56. The number of piperidine rings is 1. The van der Waals surface area contributed by atoms with Crippen LogP contribution in [0.1, 0.15) is 31.2 Å². The molecule has 7 nitrogen and oxygen atoms in total. The zero-order chi connectivity index (χ0) is 23.8. The lowest BCUT2D eigenvalue weighted by Gasteiger charge is -2.38. The first-order valence-corrected chi connectivity index (χ1v) is 11.2. The van der Waals surface area contributed by atoms with Gasteiger partial charge in [0, 0.05) is 25.4 Å². The van der Waals surface area contributed by atoms with Crippen molar-refractivity contribution in [2.24, 2.45) is 5.92 Å². The van der Waals surface area contributed by atoms with Crippen molar-refractivity contribution in [2.75, 3.05) is 36.9 Å². The summed E-state index contributed by atoms with van der Waals surface area (Å²) >= 11 is 0. The molecule has 0 radical (unpaired) electrons. The van der Waals surface area contributed by atoms with Gasteiger partial charge in [-0.1, -0.05) is 0 Å². The van der Waals surface area contributed by atoms with Gasteiger partial charge >= 0.3 is 6.18 Å². The number of anilines is 2. The average Bonchev–Trinajstić information content (AvgIpc) is 3.20. The van der Waals surface area contributed by atoms with E-state index >= 15 is 0 Å². The van der Waals surface area contributed by atoms with E-state index in [0.717, 1.165) is 18.5 Å². The van der Waals surface area contributed by atoms with E-state index in [1.165, 1.54) is 11.0 Å². The van der Waals surface area contributed by atoms with Crippen LogP contribution in [0.2, 0.25) is 0 Å². The molecule has 2 aliphatic heterocycles. The second-order valence-electron chi connectivity index (χ2n) is 8.99. The molecular weight excluding hydrogens is 435 g/mol. The molecule has 10 heteroatoms. The van der Waals surface area contributed by atoms with Crippen molar-refractivity contribution in [3.8, 4) is 11.1 Å². The van der Waals surface area contributed by atoms with Crippen molar-refractivity contribution in [1.82, 2.24) is 14.9 Å². The van der Waals surface area contributed by atoms with Crippen molar-refractivity contribution < 1.29 is 18.0 Å². The monoisotopic (exact) mass is 463 g/mol. The van der Waals surface area contributed by atoms with Crippen molar-refractivity contribution in [3.63, 3.8) is 0 Å². The Morgan fingerprint density at radius 1 is 1.18 bits per heavy atom. The highest BCUT2D eigenvalue weighted by Crippen LogP contribution is 2.35. The SMILES string of the molecule is Cc1cnc(NC(=O)[C@@H]2CCN(C)C2)cc1-c1cc(N2CCCC[C@@H]2C(F)(F)F)[nH]c(=O)c1. The molecule has 0 bridgehead atoms. The number of alkyl halides is 3. The Morgan fingerprint density at radius 2 is 1.97 bits per heavy atom. The zero-order valence-corrected chi connectivity index (χ0v) is 18.7. The fraction of sp³-hybridized carbons (Fsp3) is 0.522. The largest absolute Gasteiger partial charge is 0.408 e. The predicted molar refractivity (Wildman–Crippen MR) is 120 cm³/mol. The molecule has 4 rings (SSSR count). The highest BCUT2D eigenvalue weighted by molar-refractivity contribution is 5.92. The number of carbonyl (C=O) groups excluding carboxylic acids is 1. The summed E-state index contributed by atoms with van der Waals surface area (Å²) < 4.78 is 40.8. The number of nitrogens with zero attached hydrogens (tertiary/aromatic N) is 3. The number of rotatable bonds is 4. The number of H-pyrrole nitrogens is 1. The van der Waals surface area contributed by atoms with Crippen LogP contribution in [0.25, 0.3) is 11.1 Å². The number of pyridine rings is 2. The highest BCUT2D eigenvalue weighted by atomic mass is 19.4. The molecule has 2 fully saturated rings. The third kappa shape index (κ3) is 5.21. The summed E-state index contributed by atoms with van der Waals surface area (Å²) in [5.74, 6) is 0.263. The number of aryl methyl sites for hydroxylation is 1. The zero-order valence-electron chi connectivity index (χ0n) is 18.7. The topological polar surface area (TPSA) is 81.3 Å². The van der Waals surface area contributed by atoms with Crippen LogP contribution in [0, 0.1) is 12.8 Å². The molecule has 0 saturated carbocycles. The Kier molecular flexibility index (Phi) is 6.47. The van der Waals surface area contributed by atoms with Crippen LogP contribution >= 0.6 is 0 Å². The summed E-state index contributed by atoms with van der Waals surface area (Å²) in [5.41, 5.74) is 1.38. The molecule has 0 spiro atoms. The Morgan fingerprint density at radius 3 is 2.67 bits per heavy atom. The molecule has 0 unspecified atom stereocenters. The Labute approximate surface area is 190 Å². The van der Waals surface area contributed by atoms with E-state index in [4.69, 9.17) is 0 Å². The third-order valence-corrected chi connectivity index (χ3v) is 6.45. The first-order chi connectivity index (χ1) is 15.6. The van der Waals surface area contributed by atoms with Gasteiger partial charge in [0.25, 0.3) is 0 Å². The lowest BCUT2D eigenvalue weighted by Crippen LogP contribution is -2.49. The Hall–Kier alpha value is -2.88. The van der Waals surface area contributed by atoms with Gasteiger partial charge in [0.15, 0.2) is 0 Å². The van der Waals surface area contributed by atoms with Gasteiger partial charge in [-0.25, -0.2) is 4.98 Å². The number of aromatic nitrogens is 2. The number of carbonyl (C=O) groups is 1. The molecule has 4 heterocycles. The van der Waals surface area contributed by atoms with Gasteiger partial charge in [0.05, 0.1) is 5.92 Å². The number of halogens is 3. The number of hydrogen-bond donors (Lipinski definition) is 2. The molecule has 2 aliphatic rings. The average molecular weight is 464 g/mol. The first kappa shape index (κ1) is 23.3. The maximum absolute atomic E-state index is 13.6. The fourth-order valence-corrected chi connectivity index (χ4v) is 4.68. The van der Waals surface area contributed by atoms with Gasteiger partial charge in [-0.3, -0.25) is 9.59 Å². The molecule has 178 valence electrons. The summed E-state index contributed by atoms with van der Waals surface area (Å²) in [5, 5.41) is 2.84. The van der Waals surface area contributed by atoms with Crippen LogP contribution in [0.4, 0.5) is 24.8 Å². The van der Waals surface area contributed by atoms with E-state index in [-0.39, 0.29) is 30.6 Å². The minimum atomic E-state index is -4.38. The maximum atomic E-state index is 13.6. The van der Waals surface area contributed by atoms with E-state index in [1.54, 1.807) is 25.3 Å². The van der Waals surface area contributed by atoms with Crippen molar-refractivity contribution in [2.45, 2.75) is 44.8 Å². The van der Waals surface area contributed by atoms with Crippen LogP contribution in [0.5, 0.6) is 0 Å². The lowest BCUT2D eigenvalue weighted by molar-refractivity contribution is -0.152. The van der Waals surface area contributed by atoms with Crippen molar-refractivity contribution in [1.29, 1.82) is 0 Å². The Balaban J connectivity index is 1.64. The van der Waals surface area contributed by atoms with Crippen LogP contribution < -0.4 is 15.8 Å². The molecule has 33 heavy (non-hydrogen) atoms. The standard InChI is InChI=1S/C23H28F3N5O2/c1-14-12-27-19(28-22(33)15-6-8-30(2)13-15)11-17(14)16-9-20(29-21(32)10-16)31-7-4-3-5-18(31)23(24,25)26/h9-12,15,18H,3-8,13H2,1-2H3,(H,29,32)(H,27,28,33)/t15-,18-/m1/s1. The predicted octanol–water partition coefficient (Wildman–Crippen LogP) is 3.56. The first-order valence-electron chi connectivity index (χ1n) is 11.2. The van der Waals surface area contributed by atoms with E-state index in [0.29, 0.717) is 36.3 Å². The highest BCUT2D eigenvalue weighted by Gasteiger charge is 2.45. The summed E-state index contributed by atoms with van der Waals surface area (Å²) in [4.78, 5) is 35.2. The minimum Gasteiger partial charge on any atom is -0.346 e. The van der Waals surface area contributed by atoms with Crippen LogP contribution in [0.15, 0.2) is 29.2 Å². The van der Waals surface area contributed by atoms with Crippen molar-refractivity contribution >= 4 is 17.5 Å². The smallest absolute Gasteiger partial charge is 0.346 e. The number of amides is 1. The Bertz CT molecular complexity index is 1080. The minimum absolute atomic E-state index is 0.00340. The van der Waals surface area contributed by atoms with Crippen LogP contribution in [0.3, 0.4) is 0 Å². The third-order valence-electron chi connectivity index (χ3n) is 6.45. The summed E-state index contributed by atoms with van der Waals surface area (Å²) in [7, 11) is 1.96. The van der Waals surface area contributed by atoms with Crippen LogP contribution in [-0.2, 0) is 4.79 Å². The molecule has 1 amide bonds. The van der Waals surface area contributed by atoms with Crippen LogP contribution in [-0.4, -0.2) is 59.7 Å². The number of aromatic amines is 1. The van der Waals surface area contributed by atoms with E-state index in [2.05, 4.69) is 20.2 Å². The normalized spacial score (nSPS) is 21.9. The molecule has 2 N–H and O–H groups in total. The molecule has 0 aromatic carbocycles. The van der Waals surface area contributed by atoms with E-state index < -0.39 is 17.8 Å². The van der Waals surface area contributed by atoms with Gasteiger partial charge in [0.1, 0.15) is 17.7 Å². The maximum Gasteiger partial charge on any atom is 0.408 e. The van der Waals surface area contributed by atoms with Gasteiger partial charge in [-0.05, 0) is 75.0 Å². The van der Waals surface area contributed by atoms with Crippen molar-refractivity contribution in [3.05, 3.63) is 40.3 Å². The molecule has 2 aromatic heterocycles. The lowest BCUT2D eigenvalue weighted by atomic mass is 10.00. The second kappa shape index (κ2) is 9.17. The van der Waals surface area contributed by atoms with E-state index in [1.807, 2.05) is 7.05 Å². The van der Waals surface area contributed by atoms with Gasteiger partial charge in [0.2, 0.25) is 11.5 Å². The molecule has 2 saturated heterocycles. The number of nitrogens with one attached hydrogen (secondary N) is 2. The molecule has 2 atom stereocenters. The second-order valence-corrected chi connectivity index (χ2v) is 8.99. The van der Waals surface area contributed by atoms with Gasteiger partial charge in [-0.2, -0.15) is 13.2 Å². The molecule has 0 aliphatic carbocycles. The van der Waals surface area contributed by atoms with E-state index in [9.17, 15) is 22.8 Å². The molecule has 2 aromatic rings.